The Morgan fingerprint density at radius 2 is 1.95 bits per heavy atom. The minimum Gasteiger partial charge on any atom is -0.397 e. The van der Waals surface area contributed by atoms with E-state index < -0.39 is 16.1 Å². The molecule has 0 spiro atoms. The van der Waals surface area contributed by atoms with Crippen molar-refractivity contribution >= 4 is 27.3 Å². The molecule has 1 saturated heterocycles. The molecule has 0 aliphatic carbocycles. The maximum absolute atomic E-state index is 12.2. The Bertz CT molecular complexity index is 639. The summed E-state index contributed by atoms with van der Waals surface area (Å²) < 4.78 is 22.7. The molecule has 1 fully saturated rings. The largest absolute Gasteiger partial charge is 0.397 e. The van der Waals surface area contributed by atoms with Crippen LogP contribution in [0.25, 0.3) is 0 Å². The minimum atomic E-state index is -3.80. The second-order valence-electron chi connectivity index (χ2n) is 5.19. The third kappa shape index (κ3) is 3.64. The Hall–Kier alpha value is -1.80. The van der Waals surface area contributed by atoms with Crippen molar-refractivity contribution in [2.75, 3.05) is 24.1 Å². The summed E-state index contributed by atoms with van der Waals surface area (Å²) in [5.74, 6) is -0.0205. The number of likely N-dealkylation sites (tertiary alicyclic amines) is 1. The molecule has 116 valence electrons. The number of nitrogen functional groups attached to an aromatic ring is 1. The lowest BCUT2D eigenvalue weighted by atomic mass is 10.2. The van der Waals surface area contributed by atoms with Gasteiger partial charge in [0.25, 0.3) is 0 Å². The fraction of sp³-hybridized carbons (Fsp3) is 0.462. The summed E-state index contributed by atoms with van der Waals surface area (Å²) in [6, 6.07) is 3.65. The summed E-state index contributed by atoms with van der Waals surface area (Å²) >= 11 is 0. The van der Waals surface area contributed by atoms with Crippen LogP contribution in [0, 0.1) is 0 Å². The summed E-state index contributed by atoms with van der Waals surface area (Å²) in [5.41, 5.74) is 6.57. The van der Waals surface area contributed by atoms with E-state index in [2.05, 4.69) is 5.32 Å². The fourth-order valence-corrected chi connectivity index (χ4v) is 2.88. The predicted octanol–water partition coefficient (Wildman–Crippen LogP) is 0.339. The molecule has 1 heterocycles. The highest BCUT2D eigenvalue weighted by atomic mass is 32.2. The smallest absolute Gasteiger partial charge is 0.244 e. The Morgan fingerprint density at radius 1 is 1.33 bits per heavy atom. The number of nitrogens with zero attached hydrogens (tertiary/aromatic N) is 1. The van der Waals surface area contributed by atoms with Crippen molar-refractivity contribution in [2.45, 2.75) is 30.7 Å². The summed E-state index contributed by atoms with van der Waals surface area (Å²) in [4.78, 5) is 14.0. The van der Waals surface area contributed by atoms with Crippen LogP contribution in [0.1, 0.15) is 19.8 Å². The standard InChI is InChI=1S/C13H20N4O3S/c1-9(13(18)17-6-2-3-7-17)16-12-8-10(21(15,19)20)4-5-11(12)14/h4-5,8-9,16H,2-3,6-7,14H2,1H3,(H2,15,19,20). The van der Waals surface area contributed by atoms with Crippen molar-refractivity contribution in [3.05, 3.63) is 18.2 Å². The van der Waals surface area contributed by atoms with Crippen LogP contribution in [-0.4, -0.2) is 38.4 Å². The van der Waals surface area contributed by atoms with Gasteiger partial charge in [-0.25, -0.2) is 13.6 Å². The zero-order chi connectivity index (χ0) is 15.6. The highest BCUT2D eigenvalue weighted by Gasteiger charge is 2.23. The van der Waals surface area contributed by atoms with Crippen molar-refractivity contribution in [3.63, 3.8) is 0 Å². The Kier molecular flexibility index (Phi) is 4.38. The Morgan fingerprint density at radius 3 is 2.52 bits per heavy atom. The van der Waals surface area contributed by atoms with Gasteiger partial charge in [0.05, 0.1) is 16.3 Å². The molecule has 0 radical (unpaired) electrons. The molecule has 8 heteroatoms. The molecule has 1 aliphatic heterocycles. The van der Waals surface area contributed by atoms with Crippen LogP contribution in [0.15, 0.2) is 23.1 Å². The number of amides is 1. The number of hydrogen-bond donors (Lipinski definition) is 3. The summed E-state index contributed by atoms with van der Waals surface area (Å²) in [7, 11) is -3.80. The molecule has 7 nitrogen and oxygen atoms in total. The van der Waals surface area contributed by atoms with E-state index >= 15 is 0 Å². The van der Waals surface area contributed by atoms with E-state index in [-0.39, 0.29) is 10.8 Å². The van der Waals surface area contributed by atoms with Gasteiger partial charge in [-0.2, -0.15) is 0 Å². The number of nitrogens with one attached hydrogen (secondary N) is 1. The first-order valence-electron chi connectivity index (χ1n) is 6.76. The van der Waals surface area contributed by atoms with Gasteiger partial charge in [0, 0.05) is 13.1 Å². The van der Waals surface area contributed by atoms with Crippen LogP contribution in [0.4, 0.5) is 11.4 Å². The van der Waals surface area contributed by atoms with Gasteiger partial charge in [0.15, 0.2) is 0 Å². The Labute approximate surface area is 124 Å². The van der Waals surface area contributed by atoms with Gasteiger partial charge < -0.3 is 16.0 Å². The predicted molar refractivity (Wildman–Crippen MR) is 81.1 cm³/mol. The molecule has 1 amide bonds. The first-order valence-corrected chi connectivity index (χ1v) is 8.31. The molecule has 1 unspecified atom stereocenters. The highest BCUT2D eigenvalue weighted by Crippen LogP contribution is 2.23. The molecule has 0 bridgehead atoms. The van der Waals surface area contributed by atoms with Crippen LogP contribution in [-0.2, 0) is 14.8 Å². The normalized spacial score (nSPS) is 16.8. The minimum absolute atomic E-state index is 0.0205. The number of carbonyl (C=O) groups excluding carboxylic acids is 1. The average molecular weight is 312 g/mol. The molecular weight excluding hydrogens is 292 g/mol. The highest BCUT2D eigenvalue weighted by molar-refractivity contribution is 7.89. The van der Waals surface area contributed by atoms with E-state index in [9.17, 15) is 13.2 Å². The first-order chi connectivity index (χ1) is 9.79. The molecule has 0 aromatic heterocycles. The van der Waals surface area contributed by atoms with Crippen LogP contribution >= 0.6 is 0 Å². The zero-order valence-electron chi connectivity index (χ0n) is 11.9. The maximum Gasteiger partial charge on any atom is 0.244 e. The van der Waals surface area contributed by atoms with E-state index in [1.54, 1.807) is 11.8 Å². The second kappa shape index (κ2) is 5.90. The number of benzene rings is 1. The van der Waals surface area contributed by atoms with Gasteiger partial charge in [0.2, 0.25) is 15.9 Å². The van der Waals surface area contributed by atoms with E-state index in [0.29, 0.717) is 11.4 Å². The van der Waals surface area contributed by atoms with Crippen LogP contribution < -0.4 is 16.2 Å². The average Bonchev–Trinajstić information content (AvgIpc) is 2.92. The van der Waals surface area contributed by atoms with Gasteiger partial charge in [0.1, 0.15) is 6.04 Å². The third-order valence-electron chi connectivity index (χ3n) is 3.51. The lowest BCUT2D eigenvalue weighted by molar-refractivity contribution is -0.130. The van der Waals surface area contributed by atoms with Crippen molar-refractivity contribution in [3.8, 4) is 0 Å². The zero-order valence-corrected chi connectivity index (χ0v) is 12.7. The lowest BCUT2D eigenvalue weighted by Crippen LogP contribution is -2.39. The van der Waals surface area contributed by atoms with Gasteiger partial charge in [-0.15, -0.1) is 0 Å². The number of nitrogens with two attached hydrogens (primary N) is 2. The summed E-state index contributed by atoms with van der Waals surface area (Å²) in [6.45, 7) is 3.25. The maximum atomic E-state index is 12.2. The third-order valence-corrected chi connectivity index (χ3v) is 4.42. The molecule has 1 aliphatic rings. The summed E-state index contributed by atoms with van der Waals surface area (Å²) in [5, 5.41) is 8.06. The van der Waals surface area contributed by atoms with Crippen molar-refractivity contribution in [2.24, 2.45) is 5.14 Å². The number of rotatable bonds is 4. The molecule has 0 saturated carbocycles. The van der Waals surface area contributed by atoms with Gasteiger partial charge in [-0.05, 0) is 38.0 Å². The molecule has 1 atom stereocenters. The molecule has 5 N–H and O–H groups in total. The molecule has 1 aromatic rings. The molecule has 2 rings (SSSR count). The van der Waals surface area contributed by atoms with Crippen LogP contribution in [0.2, 0.25) is 0 Å². The van der Waals surface area contributed by atoms with E-state index in [1.165, 1.54) is 18.2 Å². The van der Waals surface area contributed by atoms with Crippen molar-refractivity contribution in [1.29, 1.82) is 0 Å². The Balaban J connectivity index is 2.16. The summed E-state index contributed by atoms with van der Waals surface area (Å²) in [6.07, 6.45) is 2.03. The molecule has 1 aromatic carbocycles. The lowest BCUT2D eigenvalue weighted by Gasteiger charge is -2.22. The number of anilines is 2. The van der Waals surface area contributed by atoms with E-state index in [0.717, 1.165) is 25.9 Å². The van der Waals surface area contributed by atoms with E-state index in [1.807, 2.05) is 0 Å². The van der Waals surface area contributed by atoms with Crippen molar-refractivity contribution in [1.82, 2.24) is 4.90 Å². The molecule has 21 heavy (non-hydrogen) atoms. The number of primary sulfonamides is 1. The topological polar surface area (TPSA) is 119 Å². The fourth-order valence-electron chi connectivity index (χ4n) is 2.34. The van der Waals surface area contributed by atoms with Gasteiger partial charge >= 0.3 is 0 Å². The van der Waals surface area contributed by atoms with Gasteiger partial charge in [-0.1, -0.05) is 0 Å². The van der Waals surface area contributed by atoms with Crippen LogP contribution in [0.3, 0.4) is 0 Å². The molecular formula is C13H20N4O3S. The number of sulfonamides is 1. The quantitative estimate of drug-likeness (QED) is 0.693. The van der Waals surface area contributed by atoms with Crippen LogP contribution in [0.5, 0.6) is 0 Å². The monoisotopic (exact) mass is 312 g/mol. The second-order valence-corrected chi connectivity index (χ2v) is 6.75. The number of carbonyl (C=O) groups is 1. The van der Waals surface area contributed by atoms with E-state index in [4.69, 9.17) is 10.9 Å². The van der Waals surface area contributed by atoms with Gasteiger partial charge in [-0.3, -0.25) is 4.79 Å². The first kappa shape index (κ1) is 15.6. The SMILES string of the molecule is CC(Nc1cc(S(N)(=O)=O)ccc1N)C(=O)N1CCCC1. The van der Waals surface area contributed by atoms with Crippen molar-refractivity contribution < 1.29 is 13.2 Å². The number of hydrogen-bond acceptors (Lipinski definition) is 5.